The van der Waals surface area contributed by atoms with Crippen molar-refractivity contribution in [2.45, 2.75) is 0 Å². The molecule has 0 saturated heterocycles. The largest absolute Gasteiger partial charge is 0.497 e. The van der Waals surface area contributed by atoms with Crippen LogP contribution >= 0.6 is 11.3 Å². The van der Waals surface area contributed by atoms with Crippen molar-refractivity contribution < 1.29 is 13.9 Å². The highest BCUT2D eigenvalue weighted by Gasteiger charge is 2.22. The van der Waals surface area contributed by atoms with Gasteiger partial charge in [0.15, 0.2) is 5.13 Å². The Balaban J connectivity index is 1.98. The van der Waals surface area contributed by atoms with Crippen LogP contribution in [0.25, 0.3) is 10.2 Å². The van der Waals surface area contributed by atoms with Crippen molar-refractivity contribution in [2.24, 2.45) is 0 Å². The van der Waals surface area contributed by atoms with E-state index in [0.717, 1.165) is 10.2 Å². The summed E-state index contributed by atoms with van der Waals surface area (Å²) >= 11 is 1.43. The predicted molar refractivity (Wildman–Crippen MR) is 103 cm³/mol. The quantitative estimate of drug-likeness (QED) is 0.662. The number of aromatic nitrogens is 1. The molecule has 0 bridgehead atoms. The summed E-state index contributed by atoms with van der Waals surface area (Å²) in [5.41, 5.74) is 1.08. The highest BCUT2D eigenvalue weighted by Crippen LogP contribution is 2.31. The van der Waals surface area contributed by atoms with Gasteiger partial charge in [-0.2, -0.15) is 0 Å². The van der Waals surface area contributed by atoms with Crippen LogP contribution in [0.3, 0.4) is 0 Å². The van der Waals surface area contributed by atoms with Crippen molar-refractivity contribution in [3.63, 3.8) is 0 Å². The topological polar surface area (TPSA) is 45.7 Å². The maximum Gasteiger partial charge on any atom is 0.260 e. The molecule has 0 atom stereocenters. The summed E-state index contributed by atoms with van der Waals surface area (Å²) in [6.45, 7) is 1.12. The van der Waals surface area contributed by atoms with Gasteiger partial charge in [0.05, 0.1) is 17.3 Å². The van der Waals surface area contributed by atoms with Crippen LogP contribution < -0.4 is 9.64 Å². The summed E-state index contributed by atoms with van der Waals surface area (Å²) in [5, 5.41) is 0.587. The van der Waals surface area contributed by atoms with Crippen molar-refractivity contribution in [1.29, 1.82) is 0 Å². The Morgan fingerprint density at radius 2 is 2.00 bits per heavy atom. The van der Waals surface area contributed by atoms with Crippen molar-refractivity contribution >= 4 is 32.6 Å². The zero-order chi connectivity index (χ0) is 18.7. The molecule has 0 aliphatic rings. The SMILES string of the molecule is COc1ccc2sc(N(CCN(C)C)C(=O)c3cccc(F)c3)nc2c1. The van der Waals surface area contributed by atoms with Gasteiger partial charge in [-0.15, -0.1) is 0 Å². The van der Waals surface area contributed by atoms with E-state index < -0.39 is 5.82 Å². The third kappa shape index (κ3) is 4.00. The number of rotatable bonds is 6. The molecule has 0 unspecified atom stereocenters. The van der Waals surface area contributed by atoms with Crippen LogP contribution in [0.15, 0.2) is 42.5 Å². The van der Waals surface area contributed by atoms with E-state index in [1.807, 2.05) is 37.2 Å². The van der Waals surface area contributed by atoms with Crippen molar-refractivity contribution in [3.05, 3.63) is 53.8 Å². The summed E-state index contributed by atoms with van der Waals surface area (Å²) < 4.78 is 19.7. The van der Waals surface area contributed by atoms with Gasteiger partial charge in [-0.05, 0) is 44.4 Å². The van der Waals surface area contributed by atoms with Gasteiger partial charge >= 0.3 is 0 Å². The smallest absolute Gasteiger partial charge is 0.260 e. The second-order valence-corrected chi connectivity index (χ2v) is 7.11. The highest BCUT2D eigenvalue weighted by atomic mass is 32.1. The third-order valence-electron chi connectivity index (χ3n) is 3.90. The third-order valence-corrected chi connectivity index (χ3v) is 4.96. The van der Waals surface area contributed by atoms with Crippen molar-refractivity contribution in [3.8, 4) is 5.75 Å². The second-order valence-electron chi connectivity index (χ2n) is 6.10. The minimum absolute atomic E-state index is 0.266. The number of likely N-dealkylation sites (N-methyl/N-ethyl adjacent to an activating group) is 1. The second kappa shape index (κ2) is 7.80. The van der Waals surface area contributed by atoms with E-state index in [9.17, 15) is 9.18 Å². The van der Waals surface area contributed by atoms with Gasteiger partial charge in [0, 0.05) is 24.7 Å². The van der Waals surface area contributed by atoms with E-state index in [1.54, 1.807) is 18.1 Å². The Labute approximate surface area is 155 Å². The molecule has 5 nitrogen and oxygen atoms in total. The molecule has 0 aliphatic carbocycles. The molecule has 1 amide bonds. The van der Waals surface area contributed by atoms with Gasteiger partial charge < -0.3 is 9.64 Å². The molecule has 3 rings (SSSR count). The number of nitrogens with zero attached hydrogens (tertiary/aromatic N) is 3. The van der Waals surface area contributed by atoms with Crippen LogP contribution in [0, 0.1) is 5.82 Å². The number of ether oxygens (including phenoxy) is 1. The molecule has 1 aromatic heterocycles. The maximum absolute atomic E-state index is 13.6. The molecular weight excluding hydrogens is 353 g/mol. The monoisotopic (exact) mass is 373 g/mol. The summed E-state index contributed by atoms with van der Waals surface area (Å²) in [7, 11) is 5.48. The first kappa shape index (κ1) is 18.3. The van der Waals surface area contributed by atoms with E-state index in [0.29, 0.717) is 29.5 Å². The number of benzene rings is 2. The number of anilines is 1. The summed E-state index contributed by atoms with van der Waals surface area (Å²) in [5.74, 6) is 0.0143. The number of methoxy groups -OCH3 is 1. The first-order chi connectivity index (χ1) is 12.5. The van der Waals surface area contributed by atoms with Gasteiger partial charge in [0.25, 0.3) is 5.91 Å². The molecule has 0 radical (unpaired) electrons. The normalized spacial score (nSPS) is 11.1. The Morgan fingerprint density at radius 1 is 1.19 bits per heavy atom. The highest BCUT2D eigenvalue weighted by molar-refractivity contribution is 7.22. The molecule has 0 saturated carbocycles. The van der Waals surface area contributed by atoms with Gasteiger partial charge in [0.1, 0.15) is 11.6 Å². The lowest BCUT2D eigenvalue weighted by Gasteiger charge is -2.22. The lowest BCUT2D eigenvalue weighted by Crippen LogP contribution is -2.36. The number of fused-ring (bicyclic) bond motifs is 1. The molecule has 2 aromatic carbocycles. The van der Waals surface area contributed by atoms with Gasteiger partial charge in [-0.1, -0.05) is 17.4 Å². The Kier molecular flexibility index (Phi) is 5.49. The van der Waals surface area contributed by atoms with Crippen LogP contribution in [0.5, 0.6) is 5.75 Å². The van der Waals surface area contributed by atoms with Gasteiger partial charge in [-0.25, -0.2) is 9.37 Å². The van der Waals surface area contributed by atoms with Crippen LogP contribution in [-0.4, -0.2) is 50.1 Å². The fourth-order valence-corrected chi connectivity index (χ4v) is 3.47. The first-order valence-corrected chi connectivity index (χ1v) is 8.96. The van der Waals surface area contributed by atoms with E-state index in [4.69, 9.17) is 4.74 Å². The van der Waals surface area contributed by atoms with Crippen molar-refractivity contribution in [2.75, 3.05) is 39.2 Å². The number of hydrogen-bond acceptors (Lipinski definition) is 5. The lowest BCUT2D eigenvalue weighted by molar-refractivity contribution is 0.0985. The predicted octanol–water partition coefficient (Wildman–Crippen LogP) is 3.65. The van der Waals surface area contributed by atoms with Crippen LogP contribution in [0.4, 0.5) is 9.52 Å². The van der Waals surface area contributed by atoms with Crippen molar-refractivity contribution in [1.82, 2.24) is 9.88 Å². The number of carbonyl (C=O) groups is 1. The molecule has 3 aromatic rings. The van der Waals surface area contributed by atoms with E-state index in [-0.39, 0.29) is 5.91 Å². The van der Waals surface area contributed by atoms with Gasteiger partial charge in [0.2, 0.25) is 0 Å². The molecule has 0 N–H and O–H groups in total. The molecule has 26 heavy (non-hydrogen) atoms. The molecule has 7 heteroatoms. The lowest BCUT2D eigenvalue weighted by atomic mass is 10.2. The molecular formula is C19H20FN3O2S. The average Bonchev–Trinajstić information content (AvgIpc) is 3.04. The fraction of sp³-hybridized carbons (Fsp3) is 0.263. The number of amides is 1. The number of halogens is 1. The number of hydrogen-bond donors (Lipinski definition) is 0. The maximum atomic E-state index is 13.6. The molecule has 1 heterocycles. The van der Waals surface area contributed by atoms with E-state index in [2.05, 4.69) is 4.98 Å². The zero-order valence-electron chi connectivity index (χ0n) is 14.9. The Morgan fingerprint density at radius 3 is 2.69 bits per heavy atom. The molecule has 136 valence electrons. The minimum atomic E-state index is -0.433. The van der Waals surface area contributed by atoms with Crippen LogP contribution in [0.1, 0.15) is 10.4 Å². The van der Waals surface area contributed by atoms with E-state index in [1.165, 1.54) is 29.5 Å². The van der Waals surface area contributed by atoms with E-state index >= 15 is 0 Å². The average molecular weight is 373 g/mol. The summed E-state index contributed by atoms with van der Waals surface area (Å²) in [4.78, 5) is 21.2. The summed E-state index contributed by atoms with van der Waals surface area (Å²) in [6, 6.07) is 11.4. The minimum Gasteiger partial charge on any atom is -0.497 e. The first-order valence-electron chi connectivity index (χ1n) is 8.14. The fourth-order valence-electron chi connectivity index (χ4n) is 2.50. The van der Waals surface area contributed by atoms with Gasteiger partial charge in [-0.3, -0.25) is 9.69 Å². The Hall–Kier alpha value is -2.51. The van der Waals surface area contributed by atoms with Crippen LogP contribution in [-0.2, 0) is 0 Å². The summed E-state index contributed by atoms with van der Waals surface area (Å²) in [6.07, 6.45) is 0. The zero-order valence-corrected chi connectivity index (χ0v) is 15.7. The number of thiazole rings is 1. The Bertz CT molecular complexity index is 926. The van der Waals surface area contributed by atoms with Crippen LogP contribution in [0.2, 0.25) is 0 Å². The molecule has 0 spiro atoms. The number of carbonyl (C=O) groups excluding carboxylic acids is 1. The standard InChI is InChI=1S/C19H20FN3O2S/c1-22(2)9-10-23(18(24)13-5-4-6-14(20)11-13)19-21-16-12-15(25-3)7-8-17(16)26-19/h4-8,11-12H,9-10H2,1-3H3. The molecule has 0 fully saturated rings. The molecule has 0 aliphatic heterocycles.